The molecule has 0 saturated carbocycles. The number of amides is 3. The molecular formula is C15H20ClN2O2+. The fourth-order valence-corrected chi connectivity index (χ4v) is 2.97. The number of hydrogen-bond donors (Lipinski definition) is 0. The van der Waals surface area contributed by atoms with Crippen LogP contribution in [-0.4, -0.2) is 34.4 Å². The van der Waals surface area contributed by atoms with Crippen LogP contribution in [0.4, 0.5) is 4.79 Å². The summed E-state index contributed by atoms with van der Waals surface area (Å²) in [4.78, 5) is 25.1. The van der Waals surface area contributed by atoms with Gasteiger partial charge in [0.15, 0.2) is 6.04 Å². The van der Waals surface area contributed by atoms with Crippen molar-refractivity contribution in [1.82, 2.24) is 4.42 Å². The van der Waals surface area contributed by atoms with Crippen molar-refractivity contribution in [3.63, 3.8) is 0 Å². The minimum absolute atomic E-state index is 0.156. The summed E-state index contributed by atoms with van der Waals surface area (Å²) in [5.41, 5.74) is 0.756. The fourth-order valence-electron chi connectivity index (χ4n) is 2.61. The summed E-state index contributed by atoms with van der Waals surface area (Å²) in [6, 6.07) is 8.17. The van der Waals surface area contributed by atoms with Crippen LogP contribution in [0.3, 0.4) is 0 Å². The maximum atomic E-state index is 12.7. The summed E-state index contributed by atoms with van der Waals surface area (Å²) in [5, 5.41) is 0. The van der Waals surface area contributed by atoms with Crippen molar-refractivity contribution in [2.45, 2.75) is 26.3 Å². The van der Waals surface area contributed by atoms with Gasteiger partial charge in [-0.05, 0) is 12.0 Å². The maximum Gasteiger partial charge on any atom is 0.442 e. The van der Waals surface area contributed by atoms with E-state index in [1.807, 2.05) is 37.3 Å². The third-order valence-corrected chi connectivity index (χ3v) is 4.38. The molecule has 3 unspecified atom stereocenters. The second-order valence-electron chi connectivity index (χ2n) is 5.63. The lowest BCUT2D eigenvalue weighted by Crippen LogP contribution is -2.52. The van der Waals surface area contributed by atoms with E-state index in [9.17, 15) is 9.59 Å². The monoisotopic (exact) mass is 295 g/mol. The molecule has 20 heavy (non-hydrogen) atoms. The number of halogens is 1. The molecule has 1 aromatic carbocycles. The van der Waals surface area contributed by atoms with Crippen molar-refractivity contribution < 1.29 is 14.1 Å². The fraction of sp³-hybridized carbons (Fsp3) is 0.467. The molecule has 5 heteroatoms. The number of carbonyl (C=O) groups excluding carboxylic acids is 2. The van der Waals surface area contributed by atoms with Gasteiger partial charge in [0, 0.05) is 17.7 Å². The second kappa shape index (κ2) is 5.54. The number of benzene rings is 1. The summed E-state index contributed by atoms with van der Waals surface area (Å²) in [6.45, 7) is 4.58. The molecule has 3 amide bonds. The molecule has 1 saturated heterocycles. The van der Waals surface area contributed by atoms with Crippen molar-refractivity contribution in [2.75, 3.05) is 13.6 Å². The first-order valence-electron chi connectivity index (χ1n) is 6.86. The van der Waals surface area contributed by atoms with Gasteiger partial charge in [-0.25, -0.2) is 9.59 Å². The molecule has 4 nitrogen and oxygen atoms in total. The Bertz CT molecular complexity index is 520. The van der Waals surface area contributed by atoms with Crippen LogP contribution in [0.15, 0.2) is 30.3 Å². The number of rotatable bonds is 4. The molecule has 0 spiro atoms. The van der Waals surface area contributed by atoms with Crippen LogP contribution < -0.4 is 0 Å². The minimum Gasteiger partial charge on any atom is -0.227 e. The molecule has 108 valence electrons. The highest BCUT2D eigenvalue weighted by atomic mass is 35.5. The van der Waals surface area contributed by atoms with Gasteiger partial charge >= 0.3 is 11.9 Å². The Labute approximate surface area is 124 Å². The second-order valence-corrected chi connectivity index (χ2v) is 6.00. The van der Waals surface area contributed by atoms with E-state index in [2.05, 4.69) is 6.92 Å². The van der Waals surface area contributed by atoms with Crippen LogP contribution >= 0.6 is 11.8 Å². The average molecular weight is 296 g/mol. The zero-order valence-corrected chi connectivity index (χ0v) is 12.8. The van der Waals surface area contributed by atoms with Gasteiger partial charge in [-0.3, -0.25) is 0 Å². The SMILES string of the molecule is CCC(C)C[N+]1(C)C(=O)C(c2ccccc2)N(Cl)C1=O. The van der Waals surface area contributed by atoms with Crippen LogP contribution in [0.25, 0.3) is 0 Å². The molecule has 1 aromatic rings. The molecule has 0 radical (unpaired) electrons. The highest BCUT2D eigenvalue weighted by Crippen LogP contribution is 2.37. The molecule has 1 heterocycles. The number of likely N-dealkylation sites (N-methyl/N-ethyl adjacent to an activating group) is 1. The Morgan fingerprint density at radius 3 is 2.45 bits per heavy atom. The zero-order chi connectivity index (χ0) is 14.9. The topological polar surface area (TPSA) is 37.4 Å². The number of urea groups is 1. The third-order valence-electron chi connectivity index (χ3n) is 4.04. The molecule has 0 bridgehead atoms. The van der Waals surface area contributed by atoms with Gasteiger partial charge < -0.3 is 0 Å². The molecular weight excluding hydrogens is 276 g/mol. The quantitative estimate of drug-likeness (QED) is 0.485. The molecule has 1 fully saturated rings. The average Bonchev–Trinajstić information content (AvgIpc) is 2.61. The summed E-state index contributed by atoms with van der Waals surface area (Å²) in [6.07, 6.45) is 0.923. The van der Waals surface area contributed by atoms with E-state index in [0.29, 0.717) is 6.54 Å². The van der Waals surface area contributed by atoms with Gasteiger partial charge in [-0.1, -0.05) is 44.2 Å². The van der Waals surface area contributed by atoms with Crippen LogP contribution in [0.1, 0.15) is 31.9 Å². The number of nitrogens with zero attached hydrogens (tertiary/aromatic N) is 2. The van der Waals surface area contributed by atoms with Crippen molar-refractivity contribution in [2.24, 2.45) is 5.92 Å². The third kappa shape index (κ3) is 2.34. The summed E-state index contributed by atoms with van der Waals surface area (Å²) in [5.74, 6) is 0.129. The lowest BCUT2D eigenvalue weighted by molar-refractivity contribution is -0.751. The highest BCUT2D eigenvalue weighted by molar-refractivity contribution is 6.24. The van der Waals surface area contributed by atoms with Gasteiger partial charge in [0.2, 0.25) is 0 Å². The first-order valence-corrected chi connectivity index (χ1v) is 7.20. The smallest absolute Gasteiger partial charge is 0.227 e. The number of carbonyl (C=O) groups is 2. The van der Waals surface area contributed by atoms with Crippen molar-refractivity contribution in [3.8, 4) is 0 Å². The van der Waals surface area contributed by atoms with Gasteiger partial charge in [0.1, 0.15) is 0 Å². The molecule has 1 aliphatic rings. The van der Waals surface area contributed by atoms with Crippen LogP contribution in [0.5, 0.6) is 0 Å². The Morgan fingerprint density at radius 2 is 1.90 bits per heavy atom. The lowest BCUT2D eigenvalue weighted by atomic mass is 10.0. The highest BCUT2D eigenvalue weighted by Gasteiger charge is 2.58. The Morgan fingerprint density at radius 1 is 1.30 bits per heavy atom. The Balaban J connectivity index is 2.35. The number of hydrogen-bond acceptors (Lipinski definition) is 2. The maximum absolute atomic E-state index is 12.7. The zero-order valence-electron chi connectivity index (χ0n) is 12.0. The van der Waals surface area contributed by atoms with E-state index in [4.69, 9.17) is 11.8 Å². The summed E-state index contributed by atoms with van der Waals surface area (Å²) >= 11 is 6.12. The summed E-state index contributed by atoms with van der Waals surface area (Å²) in [7, 11) is 1.66. The van der Waals surface area contributed by atoms with Gasteiger partial charge in [-0.15, -0.1) is 0 Å². The van der Waals surface area contributed by atoms with E-state index < -0.39 is 6.04 Å². The molecule has 3 atom stereocenters. The van der Waals surface area contributed by atoms with E-state index in [-0.39, 0.29) is 22.3 Å². The molecule has 0 N–H and O–H groups in total. The first-order chi connectivity index (χ1) is 9.41. The normalized spacial score (nSPS) is 28.0. The number of quaternary nitrogens is 1. The minimum atomic E-state index is -0.695. The predicted octanol–water partition coefficient (Wildman–Crippen LogP) is 3.34. The largest absolute Gasteiger partial charge is 0.442 e. The van der Waals surface area contributed by atoms with Gasteiger partial charge in [0.25, 0.3) is 0 Å². The van der Waals surface area contributed by atoms with Gasteiger partial charge in [-0.2, -0.15) is 8.90 Å². The van der Waals surface area contributed by atoms with Crippen molar-refractivity contribution >= 4 is 23.7 Å². The first kappa shape index (κ1) is 15.0. The van der Waals surface area contributed by atoms with Crippen molar-refractivity contribution in [3.05, 3.63) is 35.9 Å². The van der Waals surface area contributed by atoms with E-state index in [1.54, 1.807) is 7.05 Å². The molecule has 0 aliphatic carbocycles. The Hall–Kier alpha value is -1.39. The van der Waals surface area contributed by atoms with Gasteiger partial charge in [0.05, 0.1) is 13.6 Å². The number of imide groups is 1. The van der Waals surface area contributed by atoms with Crippen molar-refractivity contribution in [1.29, 1.82) is 0 Å². The summed E-state index contributed by atoms with van der Waals surface area (Å²) < 4.78 is 0.804. The van der Waals surface area contributed by atoms with Crippen LogP contribution in [-0.2, 0) is 4.79 Å². The van der Waals surface area contributed by atoms with E-state index in [1.165, 1.54) is 0 Å². The molecule has 1 aliphatic heterocycles. The standard InChI is InChI=1S/C15H20ClN2O2/c1-4-11(2)10-18(3)14(19)13(17(16)15(18)20)12-8-6-5-7-9-12/h5-9,11,13H,4,10H2,1-3H3/q+1. The van der Waals surface area contributed by atoms with E-state index >= 15 is 0 Å². The predicted molar refractivity (Wildman–Crippen MR) is 77.8 cm³/mol. The Kier molecular flexibility index (Phi) is 4.16. The lowest BCUT2D eigenvalue weighted by Gasteiger charge is -2.25. The molecule has 2 rings (SSSR count). The van der Waals surface area contributed by atoms with E-state index in [0.717, 1.165) is 16.4 Å². The van der Waals surface area contributed by atoms with Crippen LogP contribution in [0.2, 0.25) is 0 Å². The molecule has 0 aromatic heterocycles. The van der Waals surface area contributed by atoms with Crippen LogP contribution in [0, 0.1) is 5.92 Å².